The van der Waals surface area contributed by atoms with Crippen LogP contribution in [0.4, 0.5) is 17.6 Å². The van der Waals surface area contributed by atoms with Crippen molar-refractivity contribution in [3.8, 4) is 5.75 Å². The van der Waals surface area contributed by atoms with E-state index in [1.165, 1.54) is 36.4 Å². The van der Waals surface area contributed by atoms with Crippen molar-refractivity contribution in [1.82, 2.24) is 5.01 Å². The molecule has 1 aliphatic rings. The molecule has 0 fully saturated rings. The number of carbonyl (C=O) groups excluding carboxylic acids is 1. The highest BCUT2D eigenvalue weighted by Crippen LogP contribution is 2.41. The Balaban J connectivity index is 1.84. The SMILES string of the molecule is O=C(COc1ccc(F)cc1)N1N=C(c2ccc(Cl)cc2)C[C@@]1(O)C(F)(F)F. The normalized spacial score (nSPS) is 19.5. The van der Waals surface area contributed by atoms with Gasteiger partial charge in [-0.25, -0.2) is 4.39 Å². The first kappa shape index (κ1) is 20.1. The fraction of sp³-hybridized carbons (Fsp3) is 0.222. The van der Waals surface area contributed by atoms with Gasteiger partial charge in [-0.1, -0.05) is 23.7 Å². The first-order chi connectivity index (χ1) is 13.1. The largest absolute Gasteiger partial charge is 0.484 e. The van der Waals surface area contributed by atoms with Gasteiger partial charge in [0.15, 0.2) is 6.61 Å². The lowest BCUT2D eigenvalue weighted by molar-refractivity contribution is -0.302. The third kappa shape index (κ3) is 3.95. The molecule has 5 nitrogen and oxygen atoms in total. The summed E-state index contributed by atoms with van der Waals surface area (Å²) in [6.45, 7) is -0.832. The number of hydrazone groups is 1. The number of halogens is 5. The Morgan fingerprint density at radius 3 is 2.36 bits per heavy atom. The Bertz CT molecular complexity index is 901. The molecule has 0 aliphatic carbocycles. The Kier molecular flexibility index (Phi) is 5.31. The lowest BCUT2D eigenvalue weighted by Crippen LogP contribution is -2.57. The standard InChI is InChI=1S/C18H13ClF4N2O3/c19-12-3-1-11(2-4-12)15-9-17(27,18(21,22)23)25(24-15)16(26)10-28-14-7-5-13(20)6-8-14/h1-8,27H,9-10H2/t17-/m1/s1. The second-order valence-corrected chi connectivity index (χ2v) is 6.43. The van der Waals surface area contributed by atoms with Crippen LogP contribution in [0.15, 0.2) is 53.6 Å². The van der Waals surface area contributed by atoms with Crippen molar-refractivity contribution in [3.63, 3.8) is 0 Å². The lowest BCUT2D eigenvalue weighted by atomic mass is 10.0. The van der Waals surface area contributed by atoms with Crippen molar-refractivity contribution in [3.05, 3.63) is 64.9 Å². The predicted octanol–water partition coefficient (Wildman–Crippen LogP) is 3.75. The number of hydrogen-bond donors (Lipinski definition) is 1. The van der Waals surface area contributed by atoms with Gasteiger partial charge in [-0.2, -0.15) is 23.3 Å². The molecule has 0 aromatic heterocycles. The zero-order valence-corrected chi connectivity index (χ0v) is 14.8. The van der Waals surface area contributed by atoms with Gasteiger partial charge in [0.2, 0.25) is 0 Å². The Labute approximate surface area is 161 Å². The van der Waals surface area contributed by atoms with Gasteiger partial charge in [-0.15, -0.1) is 0 Å². The highest BCUT2D eigenvalue weighted by Gasteiger charge is 2.63. The molecule has 10 heteroatoms. The van der Waals surface area contributed by atoms with Crippen LogP contribution in [0.25, 0.3) is 0 Å². The van der Waals surface area contributed by atoms with Crippen LogP contribution in [0, 0.1) is 5.82 Å². The maximum atomic E-state index is 13.5. The van der Waals surface area contributed by atoms with E-state index in [-0.39, 0.29) is 22.0 Å². The van der Waals surface area contributed by atoms with Crippen molar-refractivity contribution in [2.24, 2.45) is 5.10 Å². The van der Waals surface area contributed by atoms with Crippen molar-refractivity contribution >= 4 is 23.2 Å². The zero-order chi connectivity index (χ0) is 20.5. The van der Waals surface area contributed by atoms with Crippen LogP contribution in [0.1, 0.15) is 12.0 Å². The van der Waals surface area contributed by atoms with E-state index in [0.29, 0.717) is 5.02 Å². The summed E-state index contributed by atoms with van der Waals surface area (Å²) < 4.78 is 58.4. The molecule has 0 bridgehead atoms. The molecule has 0 unspecified atom stereocenters. The van der Waals surface area contributed by atoms with E-state index in [2.05, 4.69) is 5.10 Å². The fourth-order valence-corrected chi connectivity index (χ4v) is 2.69. The predicted molar refractivity (Wildman–Crippen MR) is 92.4 cm³/mol. The molecule has 2 aromatic carbocycles. The van der Waals surface area contributed by atoms with Crippen molar-refractivity contribution < 1.29 is 32.2 Å². The minimum Gasteiger partial charge on any atom is -0.484 e. The number of alkyl halides is 3. The summed E-state index contributed by atoms with van der Waals surface area (Å²) in [6, 6.07) is 10.3. The van der Waals surface area contributed by atoms with E-state index in [0.717, 1.165) is 12.1 Å². The van der Waals surface area contributed by atoms with Crippen LogP contribution in [-0.2, 0) is 4.79 Å². The summed E-state index contributed by atoms with van der Waals surface area (Å²) in [4.78, 5) is 12.3. The van der Waals surface area contributed by atoms with Crippen LogP contribution in [0.5, 0.6) is 5.75 Å². The molecule has 0 radical (unpaired) electrons. The number of aliphatic hydroxyl groups is 1. The topological polar surface area (TPSA) is 62.1 Å². The van der Waals surface area contributed by atoms with Gasteiger partial charge in [-0.3, -0.25) is 4.79 Å². The van der Waals surface area contributed by atoms with E-state index in [1.54, 1.807) is 0 Å². The molecule has 1 atom stereocenters. The number of rotatable bonds is 4. The minimum absolute atomic E-state index is 0.0273. The average Bonchev–Trinajstić information content (AvgIpc) is 3.00. The first-order valence-electron chi connectivity index (χ1n) is 7.94. The molecule has 3 rings (SSSR count). The molecule has 0 saturated carbocycles. The third-order valence-corrected chi connectivity index (χ3v) is 4.28. The molecule has 1 amide bonds. The molecule has 1 aliphatic heterocycles. The van der Waals surface area contributed by atoms with E-state index >= 15 is 0 Å². The van der Waals surface area contributed by atoms with Crippen molar-refractivity contribution in [1.29, 1.82) is 0 Å². The van der Waals surface area contributed by atoms with Gasteiger partial charge in [0.1, 0.15) is 11.6 Å². The van der Waals surface area contributed by atoms with Gasteiger partial charge < -0.3 is 9.84 Å². The van der Waals surface area contributed by atoms with Crippen LogP contribution in [-0.4, -0.2) is 40.2 Å². The molecule has 148 valence electrons. The van der Waals surface area contributed by atoms with E-state index in [9.17, 15) is 27.5 Å². The minimum atomic E-state index is -5.16. The smallest absolute Gasteiger partial charge is 0.438 e. The Morgan fingerprint density at radius 2 is 1.79 bits per heavy atom. The molecule has 0 spiro atoms. The first-order valence-corrected chi connectivity index (χ1v) is 8.32. The molecular formula is C18H13ClF4N2O3. The van der Waals surface area contributed by atoms with Gasteiger partial charge >= 0.3 is 6.18 Å². The second-order valence-electron chi connectivity index (χ2n) is 5.99. The van der Waals surface area contributed by atoms with Crippen LogP contribution >= 0.6 is 11.6 Å². The van der Waals surface area contributed by atoms with Crippen LogP contribution in [0.2, 0.25) is 5.02 Å². The number of hydrogen-bond acceptors (Lipinski definition) is 4. The summed E-state index contributed by atoms with van der Waals surface area (Å²) in [7, 11) is 0. The molecular weight excluding hydrogens is 404 g/mol. The third-order valence-electron chi connectivity index (χ3n) is 4.03. The maximum Gasteiger partial charge on any atom is 0.438 e. The zero-order valence-electron chi connectivity index (χ0n) is 14.1. The number of carbonyl (C=O) groups is 1. The maximum absolute atomic E-state index is 13.5. The highest BCUT2D eigenvalue weighted by molar-refractivity contribution is 6.30. The molecule has 28 heavy (non-hydrogen) atoms. The molecule has 1 N–H and O–H groups in total. The second kappa shape index (κ2) is 7.40. The van der Waals surface area contributed by atoms with Crippen molar-refractivity contribution in [2.75, 3.05) is 6.61 Å². The number of ether oxygens (including phenoxy) is 1. The number of amides is 1. The quantitative estimate of drug-likeness (QED) is 0.772. The average molecular weight is 417 g/mol. The lowest BCUT2D eigenvalue weighted by Gasteiger charge is -2.32. The van der Waals surface area contributed by atoms with Gasteiger partial charge in [0.25, 0.3) is 11.6 Å². The monoisotopic (exact) mass is 416 g/mol. The van der Waals surface area contributed by atoms with E-state index in [1.807, 2.05) is 0 Å². The van der Waals surface area contributed by atoms with Crippen LogP contribution in [0.3, 0.4) is 0 Å². The summed E-state index contributed by atoms with van der Waals surface area (Å²) in [5.74, 6) is -1.68. The van der Waals surface area contributed by atoms with Gasteiger partial charge in [0, 0.05) is 5.02 Å². The molecule has 0 saturated heterocycles. The van der Waals surface area contributed by atoms with Gasteiger partial charge in [-0.05, 0) is 42.0 Å². The Hall–Kier alpha value is -2.65. The highest BCUT2D eigenvalue weighted by atomic mass is 35.5. The molecule has 1 heterocycles. The molecule has 2 aromatic rings. The van der Waals surface area contributed by atoms with Crippen LogP contribution < -0.4 is 4.74 Å². The van der Waals surface area contributed by atoms with Crippen molar-refractivity contribution in [2.45, 2.75) is 18.3 Å². The summed E-state index contributed by atoms with van der Waals surface area (Å²) >= 11 is 5.76. The summed E-state index contributed by atoms with van der Waals surface area (Å²) in [5, 5.41) is 14.2. The number of benzene rings is 2. The number of nitrogens with zero attached hydrogens (tertiary/aromatic N) is 2. The van der Waals surface area contributed by atoms with Gasteiger partial charge in [0.05, 0.1) is 12.1 Å². The summed E-state index contributed by atoms with van der Waals surface area (Å²) in [5.41, 5.74) is -3.36. The van der Waals surface area contributed by atoms with E-state index in [4.69, 9.17) is 16.3 Å². The Morgan fingerprint density at radius 1 is 1.18 bits per heavy atom. The van der Waals surface area contributed by atoms with E-state index < -0.39 is 36.7 Å². The summed E-state index contributed by atoms with van der Waals surface area (Å²) in [6.07, 6.45) is -6.10. The fourth-order valence-electron chi connectivity index (χ4n) is 2.57.